The summed E-state index contributed by atoms with van der Waals surface area (Å²) in [4.78, 5) is 24.6. The molecule has 0 aromatic heterocycles. The summed E-state index contributed by atoms with van der Waals surface area (Å²) < 4.78 is 5.48. The van der Waals surface area contributed by atoms with E-state index in [1.54, 1.807) is 0 Å². The summed E-state index contributed by atoms with van der Waals surface area (Å²) >= 11 is 0. The Balaban J connectivity index is 3.47. The standard InChI is InChI=1S/C63H121NO5/c1-3-5-7-9-11-13-15-17-19-21-23-25-26-28-31-35-39-43-47-51-55-61(66)60(59-65)64-62(67)56-52-48-44-40-36-32-30-34-38-42-46-50-54-58-69-63(68)57-53-49-45-41-37-33-29-27-24-22-20-18-16-14-12-10-8-6-4-2/h18,20,32,36,60-61,65-66H,3-17,19,21-31,33-35,37-59H2,1-2H3,(H,64,67)/b20-18-,36-32-. The van der Waals surface area contributed by atoms with Gasteiger partial charge in [0.05, 0.1) is 25.4 Å². The molecule has 3 N–H and O–H groups in total. The molecule has 2 unspecified atom stereocenters. The van der Waals surface area contributed by atoms with Crippen molar-refractivity contribution in [3.05, 3.63) is 24.3 Å². The number of aliphatic hydroxyl groups is 2. The summed E-state index contributed by atoms with van der Waals surface area (Å²) in [6.07, 6.45) is 71.8. The van der Waals surface area contributed by atoms with Crippen LogP contribution < -0.4 is 5.32 Å². The number of carbonyl (C=O) groups excluding carboxylic acids is 2. The maximum atomic E-state index is 12.5. The third kappa shape index (κ3) is 55.5. The van der Waals surface area contributed by atoms with Gasteiger partial charge >= 0.3 is 5.97 Å². The molecule has 0 saturated carbocycles. The molecule has 0 spiro atoms. The molecule has 6 heteroatoms. The van der Waals surface area contributed by atoms with Crippen molar-refractivity contribution in [1.82, 2.24) is 5.32 Å². The first-order valence-electron chi connectivity index (χ1n) is 31.1. The van der Waals surface area contributed by atoms with Gasteiger partial charge in [0.2, 0.25) is 5.91 Å². The highest BCUT2D eigenvalue weighted by Gasteiger charge is 2.20. The Morgan fingerprint density at radius 3 is 1.04 bits per heavy atom. The fourth-order valence-electron chi connectivity index (χ4n) is 9.69. The van der Waals surface area contributed by atoms with Crippen molar-refractivity contribution < 1.29 is 24.5 Å². The third-order valence-electron chi connectivity index (χ3n) is 14.5. The number of nitrogens with one attached hydrogen (secondary N) is 1. The summed E-state index contributed by atoms with van der Waals surface area (Å²) in [5.41, 5.74) is 0. The number of allylic oxidation sites excluding steroid dienone is 4. The lowest BCUT2D eigenvalue weighted by molar-refractivity contribution is -0.143. The molecule has 0 heterocycles. The van der Waals surface area contributed by atoms with Crippen LogP contribution in [0.5, 0.6) is 0 Å². The Labute approximate surface area is 431 Å². The third-order valence-corrected chi connectivity index (χ3v) is 14.5. The van der Waals surface area contributed by atoms with Gasteiger partial charge in [0.15, 0.2) is 0 Å². The topological polar surface area (TPSA) is 95.9 Å². The SMILES string of the molecule is CCCCCCCC/C=C\CCCCCCCCCCCC(=O)OCCCCCCCC/C=C\CCCCCC(=O)NC(CO)C(O)CCCCCCCCCCCCCCCCCCCCCC. The van der Waals surface area contributed by atoms with E-state index >= 15 is 0 Å². The Bertz CT molecular complexity index is 1080. The van der Waals surface area contributed by atoms with Crippen LogP contribution >= 0.6 is 0 Å². The van der Waals surface area contributed by atoms with Crippen molar-refractivity contribution in [3.63, 3.8) is 0 Å². The normalized spacial score (nSPS) is 12.7. The van der Waals surface area contributed by atoms with Gasteiger partial charge in [-0.05, 0) is 77.0 Å². The number of hydrogen-bond donors (Lipinski definition) is 3. The summed E-state index contributed by atoms with van der Waals surface area (Å²) in [6, 6.07) is -0.563. The lowest BCUT2D eigenvalue weighted by atomic mass is 10.0. The summed E-state index contributed by atoms with van der Waals surface area (Å²) in [7, 11) is 0. The molecule has 6 nitrogen and oxygen atoms in total. The zero-order valence-electron chi connectivity index (χ0n) is 46.6. The molecule has 0 aliphatic heterocycles. The fourth-order valence-corrected chi connectivity index (χ4v) is 9.69. The molecular weight excluding hydrogens is 851 g/mol. The van der Waals surface area contributed by atoms with Crippen LogP contribution in [-0.2, 0) is 14.3 Å². The average Bonchev–Trinajstić information content (AvgIpc) is 3.35. The molecule has 408 valence electrons. The molecule has 0 radical (unpaired) electrons. The number of hydrogen-bond acceptors (Lipinski definition) is 5. The quantitative estimate of drug-likeness (QED) is 0.0321. The van der Waals surface area contributed by atoms with Gasteiger partial charge in [-0.1, -0.05) is 276 Å². The fraction of sp³-hybridized carbons (Fsp3) is 0.905. The molecule has 2 atom stereocenters. The number of amides is 1. The number of rotatable bonds is 58. The molecule has 0 aromatic carbocycles. The zero-order chi connectivity index (χ0) is 50.0. The maximum absolute atomic E-state index is 12.5. The summed E-state index contributed by atoms with van der Waals surface area (Å²) in [6.45, 7) is 4.93. The van der Waals surface area contributed by atoms with Gasteiger partial charge in [-0.25, -0.2) is 0 Å². The van der Waals surface area contributed by atoms with Gasteiger partial charge < -0.3 is 20.3 Å². The van der Waals surface area contributed by atoms with Crippen LogP contribution in [0.4, 0.5) is 0 Å². The molecule has 0 bridgehead atoms. The van der Waals surface area contributed by atoms with E-state index in [-0.39, 0.29) is 18.5 Å². The lowest BCUT2D eigenvalue weighted by Gasteiger charge is -2.22. The van der Waals surface area contributed by atoms with Gasteiger partial charge in [0, 0.05) is 12.8 Å². The van der Waals surface area contributed by atoms with Crippen LogP contribution in [0.1, 0.15) is 341 Å². The molecule has 0 fully saturated rings. The number of esters is 1. The highest BCUT2D eigenvalue weighted by atomic mass is 16.5. The minimum absolute atomic E-state index is 0.0121. The Kier molecular flexibility index (Phi) is 57.5. The molecule has 0 aliphatic rings. The van der Waals surface area contributed by atoms with E-state index in [0.29, 0.717) is 25.9 Å². The van der Waals surface area contributed by atoms with Crippen LogP contribution in [0.15, 0.2) is 24.3 Å². The first kappa shape index (κ1) is 67.3. The van der Waals surface area contributed by atoms with Crippen LogP contribution in [0.2, 0.25) is 0 Å². The van der Waals surface area contributed by atoms with E-state index in [1.807, 2.05) is 0 Å². The minimum atomic E-state index is -0.682. The predicted octanol–water partition coefficient (Wildman–Crippen LogP) is 19.4. The first-order valence-corrected chi connectivity index (χ1v) is 31.1. The van der Waals surface area contributed by atoms with E-state index in [2.05, 4.69) is 43.5 Å². The Hall–Kier alpha value is -1.66. The number of carbonyl (C=O) groups is 2. The van der Waals surface area contributed by atoms with Gasteiger partial charge in [0.25, 0.3) is 0 Å². The molecule has 0 aliphatic carbocycles. The molecule has 0 rings (SSSR count). The highest BCUT2D eigenvalue weighted by molar-refractivity contribution is 5.76. The van der Waals surface area contributed by atoms with Crippen molar-refractivity contribution in [1.29, 1.82) is 0 Å². The number of unbranched alkanes of at least 4 members (excludes halogenated alkanes) is 43. The van der Waals surface area contributed by atoms with Crippen molar-refractivity contribution in [3.8, 4) is 0 Å². The Morgan fingerprint density at radius 1 is 0.391 bits per heavy atom. The summed E-state index contributed by atoms with van der Waals surface area (Å²) in [5, 5.41) is 23.3. The van der Waals surface area contributed by atoms with E-state index in [1.165, 1.54) is 238 Å². The second-order valence-corrected chi connectivity index (χ2v) is 21.4. The number of aliphatic hydroxyl groups excluding tert-OH is 2. The van der Waals surface area contributed by atoms with Crippen LogP contribution in [0.25, 0.3) is 0 Å². The van der Waals surface area contributed by atoms with E-state index in [4.69, 9.17) is 4.74 Å². The monoisotopic (exact) mass is 972 g/mol. The minimum Gasteiger partial charge on any atom is -0.466 e. The molecule has 1 amide bonds. The zero-order valence-corrected chi connectivity index (χ0v) is 46.6. The lowest BCUT2D eigenvalue weighted by Crippen LogP contribution is -2.45. The van der Waals surface area contributed by atoms with E-state index in [0.717, 1.165) is 70.6 Å². The molecule has 0 aromatic rings. The van der Waals surface area contributed by atoms with E-state index in [9.17, 15) is 19.8 Å². The highest BCUT2D eigenvalue weighted by Crippen LogP contribution is 2.18. The van der Waals surface area contributed by atoms with Crippen molar-refractivity contribution in [2.75, 3.05) is 13.2 Å². The van der Waals surface area contributed by atoms with Crippen LogP contribution in [-0.4, -0.2) is 47.4 Å². The maximum Gasteiger partial charge on any atom is 0.305 e. The molecule has 0 saturated heterocycles. The average molecular weight is 973 g/mol. The summed E-state index contributed by atoms with van der Waals surface area (Å²) in [5.74, 6) is -0.0740. The van der Waals surface area contributed by atoms with Crippen molar-refractivity contribution in [2.45, 2.75) is 353 Å². The van der Waals surface area contributed by atoms with Crippen LogP contribution in [0, 0.1) is 0 Å². The smallest absolute Gasteiger partial charge is 0.305 e. The largest absolute Gasteiger partial charge is 0.466 e. The molecule has 69 heavy (non-hydrogen) atoms. The second kappa shape index (κ2) is 58.9. The van der Waals surface area contributed by atoms with Crippen molar-refractivity contribution in [2.24, 2.45) is 0 Å². The Morgan fingerprint density at radius 2 is 0.681 bits per heavy atom. The van der Waals surface area contributed by atoms with Gasteiger partial charge in [-0.15, -0.1) is 0 Å². The first-order chi connectivity index (χ1) is 34.0. The predicted molar refractivity (Wildman–Crippen MR) is 301 cm³/mol. The number of ether oxygens (including phenoxy) is 1. The van der Waals surface area contributed by atoms with Crippen LogP contribution in [0.3, 0.4) is 0 Å². The van der Waals surface area contributed by atoms with E-state index < -0.39 is 12.1 Å². The van der Waals surface area contributed by atoms with Crippen molar-refractivity contribution >= 4 is 11.9 Å². The molecular formula is C63H121NO5. The van der Waals surface area contributed by atoms with Gasteiger partial charge in [0.1, 0.15) is 0 Å². The van der Waals surface area contributed by atoms with Gasteiger partial charge in [-0.3, -0.25) is 9.59 Å². The van der Waals surface area contributed by atoms with Gasteiger partial charge in [-0.2, -0.15) is 0 Å². The second-order valence-electron chi connectivity index (χ2n) is 21.4.